The van der Waals surface area contributed by atoms with Crippen molar-refractivity contribution in [1.29, 1.82) is 0 Å². The maximum atomic E-state index is 14.2. The number of Topliss-reactive ketones (excluding diaryl/α,β-unsaturated/α-hetero) is 1. The van der Waals surface area contributed by atoms with E-state index < -0.39 is 64.5 Å². The van der Waals surface area contributed by atoms with Crippen LogP contribution >= 0.6 is 0 Å². The Morgan fingerprint density at radius 2 is 1.36 bits per heavy atom. The van der Waals surface area contributed by atoms with E-state index in [0.29, 0.717) is 26.1 Å². The number of piperidine rings is 1. The number of ketones is 1. The normalized spacial score (nSPS) is 26.2. The summed E-state index contributed by atoms with van der Waals surface area (Å²) in [5.41, 5.74) is 3.81. The SMILES string of the molecule is CC(C)(C)[C@H](NC(=O)N[C@H](C(=O)N1C[C@H]2[C@@H]([C@H]1C(=O)NC(CC1CC1)C(=O)C(N)=O)C2(C)C)C(C)(C)C)C(=O)N1CCCC1. The van der Waals surface area contributed by atoms with Crippen LogP contribution in [-0.4, -0.2) is 89.0 Å². The van der Waals surface area contributed by atoms with Crippen molar-refractivity contribution in [3.05, 3.63) is 0 Å². The van der Waals surface area contributed by atoms with E-state index in [-0.39, 0.29) is 29.1 Å². The molecule has 6 amide bonds. The van der Waals surface area contributed by atoms with Gasteiger partial charge in [0.05, 0.1) is 6.04 Å². The van der Waals surface area contributed by atoms with Gasteiger partial charge in [0.25, 0.3) is 5.91 Å². The minimum absolute atomic E-state index is 0.0775. The molecular weight excluding hydrogens is 564 g/mol. The van der Waals surface area contributed by atoms with Crippen molar-refractivity contribution >= 4 is 35.4 Å². The highest BCUT2D eigenvalue weighted by molar-refractivity contribution is 6.37. The third-order valence-corrected chi connectivity index (χ3v) is 10.1. The molecule has 12 heteroatoms. The average molecular weight is 617 g/mol. The van der Waals surface area contributed by atoms with Crippen molar-refractivity contribution in [3.63, 3.8) is 0 Å². The number of amides is 6. The van der Waals surface area contributed by atoms with Crippen LogP contribution in [0.1, 0.15) is 87.5 Å². The Morgan fingerprint density at radius 3 is 1.84 bits per heavy atom. The highest BCUT2D eigenvalue weighted by Gasteiger charge is 2.70. The number of carbonyl (C=O) groups is 6. The first-order chi connectivity index (χ1) is 20.2. The molecule has 0 bridgehead atoms. The lowest BCUT2D eigenvalue weighted by atomic mass is 9.84. The van der Waals surface area contributed by atoms with Gasteiger partial charge in [-0.2, -0.15) is 0 Å². The van der Waals surface area contributed by atoms with Crippen LogP contribution < -0.4 is 21.7 Å². The number of rotatable bonds is 10. The number of urea groups is 1. The zero-order valence-electron chi connectivity index (χ0n) is 27.6. The molecule has 0 spiro atoms. The molecule has 0 aromatic rings. The third kappa shape index (κ3) is 7.04. The molecule has 4 rings (SSSR count). The maximum Gasteiger partial charge on any atom is 0.316 e. The van der Waals surface area contributed by atoms with Gasteiger partial charge in [-0.3, -0.25) is 24.0 Å². The number of fused-ring (bicyclic) bond motifs is 1. The van der Waals surface area contributed by atoms with Crippen molar-refractivity contribution in [2.24, 2.45) is 39.7 Å². The topological polar surface area (TPSA) is 171 Å². The summed E-state index contributed by atoms with van der Waals surface area (Å²) < 4.78 is 0. The van der Waals surface area contributed by atoms with Crippen LogP contribution in [0.2, 0.25) is 0 Å². The molecule has 6 atom stereocenters. The largest absolute Gasteiger partial charge is 0.363 e. The van der Waals surface area contributed by atoms with Crippen molar-refractivity contribution in [2.45, 2.75) is 112 Å². The Bertz CT molecular complexity index is 1190. The van der Waals surface area contributed by atoms with E-state index in [1.165, 1.54) is 4.90 Å². The van der Waals surface area contributed by atoms with Crippen molar-refractivity contribution in [1.82, 2.24) is 25.8 Å². The zero-order chi connectivity index (χ0) is 32.9. The Hall–Kier alpha value is -3.18. The highest BCUT2D eigenvalue weighted by atomic mass is 16.2. The van der Waals surface area contributed by atoms with E-state index in [2.05, 4.69) is 29.8 Å². The molecule has 12 nitrogen and oxygen atoms in total. The fourth-order valence-corrected chi connectivity index (χ4v) is 7.05. The van der Waals surface area contributed by atoms with Gasteiger partial charge in [0.15, 0.2) is 0 Å². The molecule has 1 unspecified atom stereocenters. The standard InChI is InChI=1S/C32H52N6O6/c1-30(2,3)23(27(42)37-13-9-10-14-37)35-29(44)36-24(31(4,5)6)28(43)38-16-18-20(32(18,7)8)21(38)26(41)34-19(15-17-11-12-17)22(39)25(33)40/h17-21,23-24H,9-16H2,1-8H3,(H2,33,40)(H,34,41)(H2,35,36,44)/t18-,19?,20-,21-,23+,24+/m0/s1. The lowest BCUT2D eigenvalue weighted by Gasteiger charge is -2.39. The number of carbonyl (C=O) groups excluding carboxylic acids is 6. The lowest BCUT2D eigenvalue weighted by Crippen LogP contribution is -2.63. The number of hydrogen-bond acceptors (Lipinski definition) is 6. The number of primary amides is 1. The third-order valence-electron chi connectivity index (χ3n) is 10.1. The van der Waals surface area contributed by atoms with E-state index in [9.17, 15) is 28.8 Å². The van der Waals surface area contributed by atoms with Gasteiger partial charge in [0.2, 0.25) is 23.5 Å². The second kappa shape index (κ2) is 12.0. The van der Waals surface area contributed by atoms with Crippen LogP contribution in [0.5, 0.6) is 0 Å². The van der Waals surface area contributed by atoms with Gasteiger partial charge in [-0.05, 0) is 53.3 Å². The fourth-order valence-electron chi connectivity index (χ4n) is 7.05. The number of nitrogens with one attached hydrogen (secondary N) is 3. The summed E-state index contributed by atoms with van der Waals surface area (Å²) in [4.78, 5) is 82.5. The van der Waals surface area contributed by atoms with Gasteiger partial charge >= 0.3 is 6.03 Å². The summed E-state index contributed by atoms with van der Waals surface area (Å²) in [5, 5.41) is 8.45. The lowest BCUT2D eigenvalue weighted by molar-refractivity contribution is -0.145. The zero-order valence-corrected chi connectivity index (χ0v) is 27.6. The molecule has 4 aliphatic rings. The molecule has 0 radical (unpaired) electrons. The van der Waals surface area contributed by atoms with Gasteiger partial charge in [-0.1, -0.05) is 68.2 Å². The van der Waals surface area contributed by atoms with Gasteiger partial charge < -0.3 is 31.5 Å². The minimum Gasteiger partial charge on any atom is -0.363 e. The molecule has 0 aromatic carbocycles. The van der Waals surface area contributed by atoms with Crippen LogP contribution in [0.4, 0.5) is 4.79 Å². The monoisotopic (exact) mass is 616 g/mol. The molecule has 246 valence electrons. The molecule has 4 fully saturated rings. The molecule has 2 aliphatic carbocycles. The van der Waals surface area contributed by atoms with Crippen LogP contribution in [-0.2, 0) is 24.0 Å². The number of likely N-dealkylation sites (tertiary alicyclic amines) is 2. The molecule has 2 aliphatic heterocycles. The summed E-state index contributed by atoms with van der Waals surface area (Å²) in [6.45, 7) is 16.9. The summed E-state index contributed by atoms with van der Waals surface area (Å²) in [7, 11) is 0. The number of nitrogens with two attached hydrogens (primary N) is 1. The van der Waals surface area contributed by atoms with Crippen LogP contribution in [0.25, 0.3) is 0 Å². The Morgan fingerprint density at radius 1 is 0.841 bits per heavy atom. The van der Waals surface area contributed by atoms with Crippen LogP contribution in [0.3, 0.4) is 0 Å². The molecule has 5 N–H and O–H groups in total. The second-order valence-corrected chi connectivity index (χ2v) is 16.1. The predicted molar refractivity (Wildman–Crippen MR) is 164 cm³/mol. The van der Waals surface area contributed by atoms with E-state index >= 15 is 0 Å². The van der Waals surface area contributed by atoms with E-state index in [1.807, 2.05) is 41.5 Å². The Labute approximate surface area is 261 Å². The number of nitrogens with zero attached hydrogens (tertiary/aromatic N) is 2. The molecule has 44 heavy (non-hydrogen) atoms. The smallest absolute Gasteiger partial charge is 0.316 e. The summed E-state index contributed by atoms with van der Waals surface area (Å²) in [6, 6.07) is -4.32. The molecule has 2 saturated carbocycles. The molecular formula is C32H52N6O6. The Kier molecular flexibility index (Phi) is 9.17. The van der Waals surface area contributed by atoms with Gasteiger partial charge in [0.1, 0.15) is 18.1 Å². The van der Waals surface area contributed by atoms with Crippen LogP contribution in [0, 0.1) is 34.0 Å². The maximum absolute atomic E-state index is 14.2. The first kappa shape index (κ1) is 33.7. The van der Waals surface area contributed by atoms with Gasteiger partial charge in [-0.15, -0.1) is 0 Å². The summed E-state index contributed by atoms with van der Waals surface area (Å²) >= 11 is 0. The van der Waals surface area contributed by atoms with Gasteiger partial charge in [0, 0.05) is 19.6 Å². The van der Waals surface area contributed by atoms with E-state index in [4.69, 9.17) is 5.73 Å². The van der Waals surface area contributed by atoms with Gasteiger partial charge in [-0.25, -0.2) is 4.79 Å². The second-order valence-electron chi connectivity index (χ2n) is 16.1. The van der Waals surface area contributed by atoms with E-state index in [1.54, 1.807) is 4.90 Å². The van der Waals surface area contributed by atoms with Crippen molar-refractivity contribution < 1.29 is 28.8 Å². The summed E-state index contributed by atoms with van der Waals surface area (Å²) in [5.74, 6) is -2.78. The van der Waals surface area contributed by atoms with Crippen molar-refractivity contribution in [3.8, 4) is 0 Å². The van der Waals surface area contributed by atoms with Crippen LogP contribution in [0.15, 0.2) is 0 Å². The average Bonchev–Trinajstić information content (AvgIpc) is 3.60. The minimum atomic E-state index is -1.10. The molecule has 2 saturated heterocycles. The predicted octanol–water partition coefficient (Wildman–Crippen LogP) is 1.56. The summed E-state index contributed by atoms with van der Waals surface area (Å²) in [6.07, 6.45) is 4.03. The molecule has 0 aromatic heterocycles. The van der Waals surface area contributed by atoms with Crippen molar-refractivity contribution in [2.75, 3.05) is 19.6 Å². The number of hydrogen-bond donors (Lipinski definition) is 4. The van der Waals surface area contributed by atoms with E-state index in [0.717, 1.165) is 25.7 Å². The first-order valence-electron chi connectivity index (χ1n) is 16.1. The Balaban J connectivity index is 1.53. The fraction of sp³-hybridized carbons (Fsp3) is 0.812. The molecule has 2 heterocycles. The highest BCUT2D eigenvalue weighted by Crippen LogP contribution is 2.65. The quantitative estimate of drug-likeness (QED) is 0.271. The first-order valence-corrected chi connectivity index (χ1v) is 16.1.